The minimum atomic E-state index is -0.706. The zero-order valence-electron chi connectivity index (χ0n) is 18.5. The molecule has 1 aromatic carbocycles. The van der Waals surface area contributed by atoms with Crippen LogP contribution in [-0.2, 0) is 20.9 Å². The van der Waals surface area contributed by atoms with Gasteiger partial charge in [-0.25, -0.2) is 0 Å². The molecule has 1 aliphatic heterocycles. The van der Waals surface area contributed by atoms with Gasteiger partial charge in [-0.2, -0.15) is 0 Å². The summed E-state index contributed by atoms with van der Waals surface area (Å²) in [5.41, 5.74) is 2.69. The number of pyridine rings is 1. The predicted octanol–water partition coefficient (Wildman–Crippen LogP) is 3.02. The lowest BCUT2D eigenvalue weighted by atomic mass is 10.0. The van der Waals surface area contributed by atoms with Crippen LogP contribution in [0.2, 0.25) is 4.34 Å². The number of methoxy groups -OCH3 is 1. The maximum Gasteiger partial charge on any atom is 0.261 e. The first kappa shape index (κ1) is 24.0. The van der Waals surface area contributed by atoms with Crippen molar-refractivity contribution in [2.45, 2.75) is 12.6 Å². The molecule has 0 saturated carbocycles. The van der Waals surface area contributed by atoms with Crippen molar-refractivity contribution in [3.05, 3.63) is 75.0 Å². The second-order valence-corrected chi connectivity index (χ2v) is 9.48. The first-order valence-corrected chi connectivity index (χ1v) is 11.9. The van der Waals surface area contributed by atoms with Crippen molar-refractivity contribution in [1.82, 2.24) is 14.8 Å². The van der Waals surface area contributed by atoms with Gasteiger partial charge < -0.3 is 24.3 Å². The van der Waals surface area contributed by atoms with Crippen LogP contribution >= 0.6 is 22.9 Å². The van der Waals surface area contributed by atoms with E-state index in [0.717, 1.165) is 16.7 Å². The van der Waals surface area contributed by atoms with Crippen LogP contribution in [0.25, 0.3) is 11.1 Å². The number of benzene rings is 1. The molecule has 2 aromatic heterocycles. The average Bonchev–Trinajstić information content (AvgIpc) is 3.26. The van der Waals surface area contributed by atoms with Gasteiger partial charge in [-0.1, -0.05) is 47.2 Å². The number of carbonyl (C=O) groups is 2. The number of ether oxygens (including phenoxy) is 2. The molecule has 2 amide bonds. The molecule has 3 aromatic rings. The largest absolute Gasteiger partial charge is 0.474 e. The quantitative estimate of drug-likeness (QED) is 0.512. The highest BCUT2D eigenvalue weighted by molar-refractivity contribution is 7.17. The van der Waals surface area contributed by atoms with E-state index in [9.17, 15) is 14.4 Å². The van der Waals surface area contributed by atoms with Gasteiger partial charge in [-0.05, 0) is 34.9 Å². The molecule has 0 aliphatic carbocycles. The second kappa shape index (κ2) is 10.9. The van der Waals surface area contributed by atoms with Crippen LogP contribution in [0, 0.1) is 0 Å². The number of hydrogen-bond acceptors (Lipinski definition) is 6. The van der Waals surface area contributed by atoms with E-state index in [1.807, 2.05) is 24.3 Å². The third-order valence-corrected chi connectivity index (χ3v) is 6.70. The molecule has 1 saturated heterocycles. The number of aromatic amines is 1. The molecular formula is C24H24ClN3O5S. The molecular weight excluding hydrogens is 478 g/mol. The molecule has 178 valence electrons. The number of carbonyl (C=O) groups excluding carboxylic acids is 2. The first-order chi connectivity index (χ1) is 16.4. The Labute approximate surface area is 205 Å². The van der Waals surface area contributed by atoms with Gasteiger partial charge in [0, 0.05) is 39.0 Å². The van der Waals surface area contributed by atoms with Gasteiger partial charge >= 0.3 is 0 Å². The second-order valence-electron chi connectivity index (χ2n) is 7.80. The summed E-state index contributed by atoms with van der Waals surface area (Å²) in [4.78, 5) is 43.2. The van der Waals surface area contributed by atoms with E-state index in [1.54, 1.807) is 29.3 Å². The van der Waals surface area contributed by atoms with E-state index in [0.29, 0.717) is 29.0 Å². The topological polar surface area (TPSA) is 91.9 Å². The molecule has 8 nitrogen and oxygen atoms in total. The number of amides is 2. The van der Waals surface area contributed by atoms with Gasteiger partial charge in [-0.3, -0.25) is 14.4 Å². The van der Waals surface area contributed by atoms with E-state index >= 15 is 0 Å². The van der Waals surface area contributed by atoms with Crippen LogP contribution in [-0.4, -0.2) is 66.1 Å². The van der Waals surface area contributed by atoms with Crippen molar-refractivity contribution < 1.29 is 19.1 Å². The van der Waals surface area contributed by atoms with Crippen molar-refractivity contribution in [1.29, 1.82) is 0 Å². The Morgan fingerprint density at radius 3 is 2.50 bits per heavy atom. The molecule has 1 aliphatic rings. The monoisotopic (exact) mass is 501 g/mol. The number of rotatable bonds is 8. The third-order valence-electron chi connectivity index (χ3n) is 5.56. The molecule has 4 rings (SSSR count). The zero-order chi connectivity index (χ0) is 24.1. The average molecular weight is 502 g/mol. The van der Waals surface area contributed by atoms with Crippen LogP contribution in [0.15, 0.2) is 59.5 Å². The molecule has 0 unspecified atom stereocenters. The number of nitrogens with zero attached hydrogens (tertiary/aromatic N) is 2. The van der Waals surface area contributed by atoms with Crippen LogP contribution < -0.4 is 10.3 Å². The maximum atomic E-state index is 13.2. The van der Waals surface area contributed by atoms with Gasteiger partial charge in [0.15, 0.2) is 11.7 Å². The van der Waals surface area contributed by atoms with Crippen LogP contribution in [0.3, 0.4) is 0 Å². The first-order valence-electron chi connectivity index (χ1n) is 10.7. The Bertz CT molecular complexity index is 1190. The highest BCUT2D eigenvalue weighted by Gasteiger charge is 2.37. The van der Waals surface area contributed by atoms with Crippen molar-refractivity contribution in [2.75, 3.05) is 33.4 Å². The Morgan fingerprint density at radius 1 is 1.09 bits per heavy atom. The number of piperazine rings is 1. The van der Waals surface area contributed by atoms with E-state index < -0.39 is 6.04 Å². The number of thiophene rings is 1. The molecule has 0 spiro atoms. The normalized spacial score (nSPS) is 16.1. The van der Waals surface area contributed by atoms with Gasteiger partial charge in [0.1, 0.15) is 6.04 Å². The van der Waals surface area contributed by atoms with E-state index in [2.05, 4.69) is 4.98 Å². The van der Waals surface area contributed by atoms with E-state index in [4.69, 9.17) is 21.1 Å². The van der Waals surface area contributed by atoms with E-state index in [1.165, 1.54) is 29.4 Å². The molecule has 1 atom stereocenters. The zero-order valence-corrected chi connectivity index (χ0v) is 20.1. The predicted molar refractivity (Wildman–Crippen MR) is 130 cm³/mol. The van der Waals surface area contributed by atoms with Gasteiger partial charge in [0.05, 0.1) is 10.9 Å². The Morgan fingerprint density at radius 2 is 1.85 bits per heavy atom. The molecule has 1 N–H and O–H groups in total. The summed E-state index contributed by atoms with van der Waals surface area (Å²) in [6.07, 6.45) is 1.67. The summed E-state index contributed by atoms with van der Waals surface area (Å²) in [5.74, 6) is -0.435. The fraction of sp³-hybridized carbons (Fsp3) is 0.292. The lowest BCUT2D eigenvalue weighted by molar-refractivity contribution is -0.155. The van der Waals surface area contributed by atoms with Crippen LogP contribution in [0.5, 0.6) is 5.06 Å². The number of nitrogens with one attached hydrogen (secondary N) is 1. The third kappa shape index (κ3) is 5.67. The fourth-order valence-corrected chi connectivity index (χ4v) is 4.69. The molecule has 10 heteroatoms. The van der Waals surface area contributed by atoms with Crippen molar-refractivity contribution in [3.8, 4) is 16.2 Å². The highest BCUT2D eigenvalue weighted by atomic mass is 35.5. The summed E-state index contributed by atoms with van der Waals surface area (Å²) in [6, 6.07) is 13.8. The number of hydrogen-bond donors (Lipinski definition) is 1. The van der Waals surface area contributed by atoms with Crippen molar-refractivity contribution in [2.24, 2.45) is 0 Å². The summed E-state index contributed by atoms with van der Waals surface area (Å²) in [6.45, 7) is 1.17. The lowest BCUT2D eigenvalue weighted by Gasteiger charge is -2.40. The number of H-pyrrole nitrogens is 1. The molecule has 34 heavy (non-hydrogen) atoms. The number of halogens is 1. The summed E-state index contributed by atoms with van der Waals surface area (Å²) < 4.78 is 11.4. The minimum Gasteiger partial charge on any atom is -0.474 e. The summed E-state index contributed by atoms with van der Waals surface area (Å²) >= 11 is 7.15. The highest BCUT2D eigenvalue weighted by Crippen LogP contribution is 2.28. The Kier molecular flexibility index (Phi) is 7.66. The molecule has 3 heterocycles. The minimum absolute atomic E-state index is 0.108. The van der Waals surface area contributed by atoms with Gasteiger partial charge in [0.2, 0.25) is 11.5 Å². The fourth-order valence-electron chi connectivity index (χ4n) is 3.82. The van der Waals surface area contributed by atoms with Crippen LogP contribution in [0.4, 0.5) is 0 Å². The maximum absolute atomic E-state index is 13.2. The van der Waals surface area contributed by atoms with Crippen molar-refractivity contribution >= 4 is 34.8 Å². The summed E-state index contributed by atoms with van der Waals surface area (Å²) in [5, 5.41) is 0.553. The van der Waals surface area contributed by atoms with Gasteiger partial charge in [-0.15, -0.1) is 0 Å². The van der Waals surface area contributed by atoms with E-state index in [-0.39, 0.29) is 30.6 Å². The van der Waals surface area contributed by atoms with Crippen LogP contribution in [0.1, 0.15) is 5.56 Å². The molecule has 0 bridgehead atoms. The standard InChI is InChI=1S/C24H24ClN3O5S/c1-32-14-19-24(31)27(10-11-28(19)22(30)15-33-23-9-7-20(25)34-23)13-16-2-4-17(5-3-16)18-6-8-21(29)26-12-18/h2-9,12,19H,10-11,13-15H2,1H3,(H,26,29)/t19-/m1/s1. The summed E-state index contributed by atoms with van der Waals surface area (Å²) in [7, 11) is 1.51. The number of aromatic nitrogens is 1. The SMILES string of the molecule is COC[C@@H]1C(=O)N(Cc2ccc(-c3ccc(=O)[nH]c3)cc2)CCN1C(=O)COc1ccc(Cl)s1. The Hall–Kier alpha value is -3.14. The van der Waals surface area contributed by atoms with Gasteiger partial charge in [0.25, 0.3) is 5.91 Å². The Balaban J connectivity index is 1.39. The smallest absolute Gasteiger partial charge is 0.261 e. The molecule has 0 radical (unpaired) electrons. The lowest BCUT2D eigenvalue weighted by Crippen LogP contribution is -2.60. The van der Waals surface area contributed by atoms with Crippen molar-refractivity contribution in [3.63, 3.8) is 0 Å². The molecule has 1 fully saturated rings.